The van der Waals surface area contributed by atoms with Crippen LogP contribution in [0.4, 0.5) is 8.78 Å². The number of rotatable bonds is 8. The quantitative estimate of drug-likeness (QED) is 0.514. The van der Waals surface area contributed by atoms with Crippen molar-refractivity contribution in [2.75, 3.05) is 6.54 Å². The third-order valence-electron chi connectivity index (χ3n) is 4.65. The lowest BCUT2D eigenvalue weighted by atomic mass is 10.2. The number of benzene rings is 2. The van der Waals surface area contributed by atoms with E-state index in [0.717, 1.165) is 24.3 Å². The first-order valence-corrected chi connectivity index (χ1v) is 12.4. The highest BCUT2D eigenvalue weighted by Gasteiger charge is 2.31. The number of aryl methyl sites for hydroxylation is 1. The van der Waals surface area contributed by atoms with Gasteiger partial charge in [-0.25, -0.2) is 30.3 Å². The minimum Gasteiger partial charge on any atom is -0.264 e. The fraction of sp³-hybridized carbons (Fsp3) is 0.190. The number of halogens is 2. The first kappa shape index (κ1) is 23.0. The fourth-order valence-electron chi connectivity index (χ4n) is 2.99. The molecule has 0 aliphatic carbocycles. The van der Waals surface area contributed by atoms with Crippen LogP contribution in [0, 0.1) is 18.6 Å². The number of nitrogens with one attached hydrogen (secondary N) is 1. The number of sulfone groups is 1. The van der Waals surface area contributed by atoms with Crippen molar-refractivity contribution in [2.24, 2.45) is 0 Å². The lowest BCUT2D eigenvalue weighted by Gasteiger charge is -2.19. The van der Waals surface area contributed by atoms with Crippen LogP contribution in [0.25, 0.3) is 0 Å². The molecule has 1 aromatic heterocycles. The second kappa shape index (κ2) is 9.21. The second-order valence-corrected chi connectivity index (χ2v) is 10.9. The molecule has 0 radical (unpaired) electrons. The molecule has 0 saturated heterocycles. The first-order chi connectivity index (χ1) is 14.6. The first-order valence-electron chi connectivity index (χ1n) is 9.20. The van der Waals surface area contributed by atoms with Gasteiger partial charge < -0.3 is 0 Å². The molecular formula is C21H20F2N2O4S2. The van der Waals surface area contributed by atoms with Crippen molar-refractivity contribution >= 4 is 19.9 Å². The van der Waals surface area contributed by atoms with E-state index in [0.29, 0.717) is 5.56 Å². The largest absolute Gasteiger partial charge is 0.264 e. The number of hydrogen-bond donors (Lipinski definition) is 1. The Morgan fingerprint density at radius 3 is 2.32 bits per heavy atom. The highest BCUT2D eigenvalue weighted by Crippen LogP contribution is 2.29. The number of hydrogen-bond acceptors (Lipinski definition) is 5. The van der Waals surface area contributed by atoms with Crippen LogP contribution in [0.15, 0.2) is 71.9 Å². The van der Waals surface area contributed by atoms with E-state index in [1.54, 1.807) is 6.07 Å². The average Bonchev–Trinajstić information content (AvgIpc) is 2.72. The third kappa shape index (κ3) is 5.72. The lowest BCUT2D eigenvalue weighted by molar-refractivity contribution is 0.567. The number of nitrogens with zero attached hydrogens (tertiary/aromatic N) is 1. The summed E-state index contributed by atoms with van der Waals surface area (Å²) in [6, 6.07) is 11.4. The maximum atomic E-state index is 13.6. The predicted octanol–water partition coefficient (Wildman–Crippen LogP) is 3.30. The summed E-state index contributed by atoms with van der Waals surface area (Å²) >= 11 is 0. The minimum atomic E-state index is -4.08. The van der Waals surface area contributed by atoms with E-state index in [2.05, 4.69) is 9.71 Å². The zero-order valence-electron chi connectivity index (χ0n) is 16.5. The Bertz CT molecular complexity index is 1260. The van der Waals surface area contributed by atoms with E-state index in [4.69, 9.17) is 0 Å². The van der Waals surface area contributed by atoms with Gasteiger partial charge in [0, 0.05) is 18.9 Å². The van der Waals surface area contributed by atoms with E-state index in [-0.39, 0.29) is 16.0 Å². The summed E-state index contributed by atoms with van der Waals surface area (Å²) in [5.74, 6) is -1.48. The van der Waals surface area contributed by atoms with Crippen molar-refractivity contribution in [1.82, 2.24) is 9.71 Å². The van der Waals surface area contributed by atoms with Crippen LogP contribution in [0.5, 0.6) is 0 Å². The van der Waals surface area contributed by atoms with Gasteiger partial charge in [-0.05, 0) is 60.0 Å². The number of aromatic nitrogens is 1. The topological polar surface area (TPSA) is 93.2 Å². The molecule has 1 atom stereocenters. The van der Waals surface area contributed by atoms with Gasteiger partial charge >= 0.3 is 0 Å². The Morgan fingerprint density at radius 1 is 1.00 bits per heavy atom. The Hall–Kier alpha value is -2.69. The molecule has 0 aliphatic heterocycles. The minimum absolute atomic E-state index is 0.127. The third-order valence-corrected chi connectivity index (χ3v) is 8.07. The Morgan fingerprint density at radius 2 is 1.71 bits per heavy atom. The molecule has 0 unspecified atom stereocenters. The molecule has 0 bridgehead atoms. The molecule has 0 spiro atoms. The van der Waals surface area contributed by atoms with Gasteiger partial charge in [-0.3, -0.25) is 4.98 Å². The van der Waals surface area contributed by atoms with Gasteiger partial charge in [-0.1, -0.05) is 18.2 Å². The molecule has 10 heteroatoms. The van der Waals surface area contributed by atoms with E-state index in [9.17, 15) is 25.6 Å². The average molecular weight is 467 g/mol. The van der Waals surface area contributed by atoms with Crippen molar-refractivity contribution in [3.05, 3.63) is 95.3 Å². The molecule has 1 heterocycles. The standard InChI is InChI=1S/C21H20F2N2O4S2/c1-15-11-19(8-9-20(15)23)31(28,29)21(17-3-2-10-24-12-17)13-25-30(26,27)14-16-4-6-18(22)7-5-16/h2-12,21,25H,13-14H2,1H3/t21-/m0/s1. The fourth-order valence-corrected chi connectivity index (χ4v) is 5.97. The molecule has 164 valence electrons. The normalized spacial score (nSPS) is 13.1. The van der Waals surface area contributed by atoms with E-state index in [1.165, 1.54) is 43.6 Å². The van der Waals surface area contributed by atoms with E-state index < -0.39 is 49.0 Å². The predicted molar refractivity (Wildman–Crippen MR) is 112 cm³/mol. The number of pyridine rings is 1. The lowest BCUT2D eigenvalue weighted by Crippen LogP contribution is -2.33. The van der Waals surface area contributed by atoms with Crippen LogP contribution in [-0.2, 0) is 25.6 Å². The van der Waals surface area contributed by atoms with Crippen molar-refractivity contribution in [3.8, 4) is 0 Å². The van der Waals surface area contributed by atoms with Crippen molar-refractivity contribution < 1.29 is 25.6 Å². The van der Waals surface area contributed by atoms with Gasteiger partial charge in [0.05, 0.1) is 10.6 Å². The zero-order valence-corrected chi connectivity index (χ0v) is 18.1. The van der Waals surface area contributed by atoms with Crippen molar-refractivity contribution in [1.29, 1.82) is 0 Å². The van der Waals surface area contributed by atoms with Gasteiger partial charge in [-0.15, -0.1) is 0 Å². The summed E-state index contributed by atoms with van der Waals surface area (Å²) in [7, 11) is -8.00. The van der Waals surface area contributed by atoms with Crippen LogP contribution >= 0.6 is 0 Å². The molecule has 1 N–H and O–H groups in total. The molecular weight excluding hydrogens is 446 g/mol. The van der Waals surface area contributed by atoms with Gasteiger partial charge in [0.2, 0.25) is 10.0 Å². The molecule has 0 amide bonds. The summed E-state index contributed by atoms with van der Waals surface area (Å²) in [4.78, 5) is 3.80. The van der Waals surface area contributed by atoms with E-state index >= 15 is 0 Å². The molecule has 0 aliphatic rings. The van der Waals surface area contributed by atoms with Crippen LogP contribution in [0.3, 0.4) is 0 Å². The monoisotopic (exact) mass is 466 g/mol. The van der Waals surface area contributed by atoms with Crippen LogP contribution in [0.1, 0.15) is 21.9 Å². The van der Waals surface area contributed by atoms with Crippen LogP contribution < -0.4 is 4.72 Å². The molecule has 0 saturated carbocycles. The Labute approximate surface area is 179 Å². The van der Waals surface area contributed by atoms with Gasteiger partial charge in [0.15, 0.2) is 9.84 Å². The van der Waals surface area contributed by atoms with Crippen molar-refractivity contribution in [3.63, 3.8) is 0 Å². The highest BCUT2D eigenvalue weighted by atomic mass is 32.2. The number of sulfonamides is 1. The molecule has 0 fully saturated rings. The molecule has 3 rings (SSSR count). The maximum Gasteiger partial charge on any atom is 0.215 e. The molecule has 2 aromatic carbocycles. The molecule has 31 heavy (non-hydrogen) atoms. The molecule has 3 aromatic rings. The summed E-state index contributed by atoms with van der Waals surface area (Å²) in [5.41, 5.74) is 0.792. The Kier molecular flexibility index (Phi) is 6.83. The zero-order chi connectivity index (χ0) is 22.6. The van der Waals surface area contributed by atoms with Gasteiger partial charge in [0.25, 0.3) is 0 Å². The van der Waals surface area contributed by atoms with E-state index in [1.807, 2.05) is 0 Å². The van der Waals surface area contributed by atoms with Gasteiger partial charge in [0.1, 0.15) is 16.9 Å². The van der Waals surface area contributed by atoms with Crippen molar-refractivity contribution in [2.45, 2.75) is 22.8 Å². The van der Waals surface area contributed by atoms with Crippen LogP contribution in [-0.4, -0.2) is 28.4 Å². The van der Waals surface area contributed by atoms with Crippen LogP contribution in [0.2, 0.25) is 0 Å². The highest BCUT2D eigenvalue weighted by molar-refractivity contribution is 7.92. The molecule has 6 nitrogen and oxygen atoms in total. The summed E-state index contributed by atoms with van der Waals surface area (Å²) < 4.78 is 80.6. The second-order valence-electron chi connectivity index (χ2n) is 6.97. The summed E-state index contributed by atoms with van der Waals surface area (Å²) in [5, 5.41) is -1.28. The summed E-state index contributed by atoms with van der Waals surface area (Å²) in [6.45, 7) is 0.993. The van der Waals surface area contributed by atoms with Gasteiger partial charge in [-0.2, -0.15) is 0 Å². The maximum absolute atomic E-state index is 13.6. The summed E-state index contributed by atoms with van der Waals surface area (Å²) in [6.07, 6.45) is 2.81. The smallest absolute Gasteiger partial charge is 0.215 e. The Balaban J connectivity index is 1.89. The SMILES string of the molecule is Cc1cc(S(=O)(=O)[C@@H](CNS(=O)(=O)Cc2ccc(F)cc2)c2cccnc2)ccc1F.